The third-order valence-electron chi connectivity index (χ3n) is 5.21. The first-order valence-electron chi connectivity index (χ1n) is 10.7. The summed E-state index contributed by atoms with van der Waals surface area (Å²) in [5.41, 5.74) is 4.20. The van der Waals surface area contributed by atoms with Crippen molar-refractivity contribution in [3.63, 3.8) is 0 Å². The number of aryl methyl sites for hydroxylation is 3. The van der Waals surface area contributed by atoms with Crippen LogP contribution in [0.5, 0.6) is 5.75 Å². The fourth-order valence-corrected chi connectivity index (χ4v) is 4.02. The van der Waals surface area contributed by atoms with Gasteiger partial charge in [-0.2, -0.15) is 0 Å². The molecule has 1 amide bonds. The molecule has 1 N–H and O–H groups in total. The first-order valence-corrected chi connectivity index (χ1v) is 11.7. The van der Waals surface area contributed by atoms with Crippen molar-refractivity contribution in [1.82, 2.24) is 14.8 Å². The highest BCUT2D eigenvalue weighted by Gasteiger charge is 2.14. The minimum Gasteiger partial charge on any atom is -0.493 e. The van der Waals surface area contributed by atoms with Crippen molar-refractivity contribution in [2.45, 2.75) is 45.3 Å². The second-order valence-corrected chi connectivity index (χ2v) is 8.54. The van der Waals surface area contributed by atoms with E-state index in [1.165, 1.54) is 11.8 Å². The van der Waals surface area contributed by atoms with Crippen molar-refractivity contribution < 1.29 is 9.53 Å². The molecule has 0 atom stereocenters. The second-order valence-electron chi connectivity index (χ2n) is 7.60. The van der Waals surface area contributed by atoms with Crippen LogP contribution in [0.2, 0.25) is 0 Å². The topological polar surface area (TPSA) is 69.0 Å². The minimum absolute atomic E-state index is 0.0648. The van der Waals surface area contributed by atoms with Crippen LogP contribution in [-0.4, -0.2) is 33.0 Å². The highest BCUT2D eigenvalue weighted by Crippen LogP contribution is 2.21. The van der Waals surface area contributed by atoms with Gasteiger partial charge >= 0.3 is 0 Å². The van der Waals surface area contributed by atoms with Gasteiger partial charge in [-0.05, 0) is 56.0 Å². The number of anilines is 1. The molecule has 0 aliphatic heterocycles. The van der Waals surface area contributed by atoms with Gasteiger partial charge in [0, 0.05) is 18.7 Å². The van der Waals surface area contributed by atoms with Crippen molar-refractivity contribution in [3.8, 4) is 5.75 Å². The van der Waals surface area contributed by atoms with E-state index < -0.39 is 0 Å². The number of hydrogen-bond acceptors (Lipinski definition) is 5. The van der Waals surface area contributed by atoms with Gasteiger partial charge in [-0.25, -0.2) is 0 Å². The van der Waals surface area contributed by atoms with Gasteiger partial charge < -0.3 is 14.6 Å². The smallest absolute Gasteiger partial charge is 0.234 e. The van der Waals surface area contributed by atoms with Gasteiger partial charge in [0.05, 0.1) is 12.4 Å². The van der Waals surface area contributed by atoms with Crippen molar-refractivity contribution in [2.24, 2.45) is 0 Å². The van der Waals surface area contributed by atoms with Crippen LogP contribution in [0.1, 0.15) is 28.9 Å². The quantitative estimate of drug-likeness (QED) is 0.249. The molecule has 168 valence electrons. The van der Waals surface area contributed by atoms with Crippen molar-refractivity contribution >= 4 is 23.4 Å². The number of nitrogens with one attached hydrogen (secondary N) is 1. The number of allylic oxidation sites excluding steroid dienone is 1. The lowest BCUT2D eigenvalue weighted by molar-refractivity contribution is -0.113. The Morgan fingerprint density at radius 3 is 2.69 bits per heavy atom. The van der Waals surface area contributed by atoms with Crippen LogP contribution in [0.25, 0.3) is 0 Å². The maximum Gasteiger partial charge on any atom is 0.234 e. The summed E-state index contributed by atoms with van der Waals surface area (Å²) in [7, 11) is 0. The summed E-state index contributed by atoms with van der Waals surface area (Å²) in [6.45, 7) is 11.1. The normalized spacial score (nSPS) is 10.7. The first kappa shape index (κ1) is 23.6. The van der Waals surface area contributed by atoms with E-state index in [1.807, 2.05) is 73.9 Å². The molecular formula is C25H30N4O2S. The largest absolute Gasteiger partial charge is 0.493 e. The molecular weight excluding hydrogens is 420 g/mol. The predicted molar refractivity (Wildman–Crippen MR) is 130 cm³/mol. The van der Waals surface area contributed by atoms with Crippen molar-refractivity contribution in [3.05, 3.63) is 77.6 Å². The van der Waals surface area contributed by atoms with Crippen LogP contribution >= 0.6 is 11.8 Å². The van der Waals surface area contributed by atoms with Crippen molar-refractivity contribution in [2.75, 3.05) is 17.7 Å². The number of para-hydroxylation sites is 1. The number of aromatic nitrogens is 3. The van der Waals surface area contributed by atoms with E-state index in [0.717, 1.165) is 51.9 Å². The van der Waals surface area contributed by atoms with Crippen molar-refractivity contribution in [1.29, 1.82) is 0 Å². The molecule has 1 aromatic heterocycles. The summed E-state index contributed by atoms with van der Waals surface area (Å²) in [5, 5.41) is 12.4. The van der Waals surface area contributed by atoms with Gasteiger partial charge in [0.15, 0.2) is 5.16 Å². The molecule has 3 rings (SSSR count). The molecule has 6 nitrogen and oxygen atoms in total. The summed E-state index contributed by atoms with van der Waals surface area (Å²) in [4.78, 5) is 12.5. The second kappa shape index (κ2) is 11.5. The molecule has 0 radical (unpaired) electrons. The highest BCUT2D eigenvalue weighted by atomic mass is 32.2. The molecule has 0 spiro atoms. The van der Waals surface area contributed by atoms with Crippen LogP contribution in [0.4, 0.5) is 5.69 Å². The molecule has 0 aliphatic carbocycles. The number of rotatable bonds is 11. The summed E-state index contributed by atoms with van der Waals surface area (Å²) >= 11 is 1.38. The summed E-state index contributed by atoms with van der Waals surface area (Å²) in [6, 6.07) is 13.9. The standard InChI is InChI=1S/C25H30N4O2S/c1-5-15-29-23(14-9-16-31-22-13-7-6-10-19(22)3)27-28-25(29)32-17-24(30)26-21-12-8-11-18(2)20(21)4/h5-8,10-13H,1,9,14-17H2,2-4H3,(H,26,30). The number of benzene rings is 2. The van der Waals surface area contributed by atoms with Crippen LogP contribution < -0.4 is 10.1 Å². The average Bonchev–Trinajstić information content (AvgIpc) is 3.16. The number of hydrogen-bond donors (Lipinski definition) is 1. The fraction of sp³-hybridized carbons (Fsp3) is 0.320. The Balaban J connectivity index is 1.54. The SMILES string of the molecule is C=CCn1c(CCCOc2ccccc2C)nnc1SCC(=O)Nc1cccc(C)c1C. The Kier molecular flexibility index (Phi) is 8.50. The molecule has 0 unspecified atom stereocenters. The number of carbonyl (C=O) groups is 1. The number of ether oxygens (including phenoxy) is 1. The highest BCUT2D eigenvalue weighted by molar-refractivity contribution is 7.99. The Hall–Kier alpha value is -3.06. The third-order valence-corrected chi connectivity index (χ3v) is 6.18. The molecule has 0 aliphatic rings. The molecule has 0 saturated heterocycles. The summed E-state index contributed by atoms with van der Waals surface area (Å²) < 4.78 is 7.89. The lowest BCUT2D eigenvalue weighted by atomic mass is 10.1. The van der Waals surface area contributed by atoms with Gasteiger partial charge in [-0.1, -0.05) is 48.2 Å². The fourth-order valence-electron chi connectivity index (χ4n) is 3.26. The predicted octanol–water partition coefficient (Wildman–Crippen LogP) is 5.13. The zero-order chi connectivity index (χ0) is 22.9. The molecule has 0 saturated carbocycles. The minimum atomic E-state index is -0.0648. The number of carbonyl (C=O) groups excluding carboxylic acids is 1. The summed E-state index contributed by atoms with van der Waals surface area (Å²) in [5.74, 6) is 1.98. The Morgan fingerprint density at radius 1 is 1.12 bits per heavy atom. The maximum absolute atomic E-state index is 12.5. The number of nitrogens with zero attached hydrogens (tertiary/aromatic N) is 3. The van der Waals surface area contributed by atoms with E-state index in [0.29, 0.717) is 13.2 Å². The van der Waals surface area contributed by atoms with Gasteiger partial charge in [0.1, 0.15) is 11.6 Å². The van der Waals surface area contributed by atoms with E-state index >= 15 is 0 Å². The van der Waals surface area contributed by atoms with Crippen LogP contribution in [-0.2, 0) is 17.8 Å². The molecule has 32 heavy (non-hydrogen) atoms. The molecule has 0 fully saturated rings. The lowest BCUT2D eigenvalue weighted by Crippen LogP contribution is -2.16. The Labute approximate surface area is 194 Å². The zero-order valence-corrected chi connectivity index (χ0v) is 19.7. The molecule has 1 heterocycles. The molecule has 0 bridgehead atoms. The number of thioether (sulfide) groups is 1. The van der Waals surface area contributed by atoms with Crippen LogP contribution in [0.15, 0.2) is 60.3 Å². The van der Waals surface area contributed by atoms with Gasteiger partial charge in [0.25, 0.3) is 0 Å². The molecule has 2 aromatic carbocycles. The molecule has 7 heteroatoms. The van der Waals surface area contributed by atoms with E-state index in [9.17, 15) is 4.79 Å². The van der Waals surface area contributed by atoms with E-state index in [-0.39, 0.29) is 11.7 Å². The van der Waals surface area contributed by atoms with Gasteiger partial charge in [-0.15, -0.1) is 16.8 Å². The Bertz CT molecular complexity index is 1080. The van der Waals surface area contributed by atoms with E-state index in [1.54, 1.807) is 0 Å². The Morgan fingerprint density at radius 2 is 1.91 bits per heavy atom. The summed E-state index contributed by atoms with van der Waals surface area (Å²) in [6.07, 6.45) is 3.38. The zero-order valence-electron chi connectivity index (χ0n) is 18.9. The maximum atomic E-state index is 12.5. The lowest BCUT2D eigenvalue weighted by Gasteiger charge is -2.11. The van der Waals surface area contributed by atoms with Gasteiger partial charge in [-0.3, -0.25) is 4.79 Å². The molecule has 3 aromatic rings. The van der Waals surface area contributed by atoms with E-state index in [4.69, 9.17) is 4.74 Å². The number of amides is 1. The van der Waals surface area contributed by atoms with Crippen LogP contribution in [0, 0.1) is 20.8 Å². The van der Waals surface area contributed by atoms with Gasteiger partial charge in [0.2, 0.25) is 5.91 Å². The monoisotopic (exact) mass is 450 g/mol. The average molecular weight is 451 g/mol. The van der Waals surface area contributed by atoms with Crippen LogP contribution in [0.3, 0.4) is 0 Å². The van der Waals surface area contributed by atoms with E-state index in [2.05, 4.69) is 22.1 Å². The third kappa shape index (κ3) is 6.23. The first-order chi connectivity index (χ1) is 15.5.